The van der Waals surface area contributed by atoms with Gasteiger partial charge in [-0.15, -0.1) is 0 Å². The lowest BCUT2D eigenvalue weighted by molar-refractivity contribution is 0.305. The summed E-state index contributed by atoms with van der Waals surface area (Å²) in [7, 11) is 0. The van der Waals surface area contributed by atoms with Gasteiger partial charge in [0.2, 0.25) is 0 Å². The van der Waals surface area contributed by atoms with Crippen LogP contribution in [0.3, 0.4) is 0 Å². The van der Waals surface area contributed by atoms with Gasteiger partial charge in [-0.3, -0.25) is 0 Å². The SMILES string of the molecule is Cc1cccc(OCc2cc(CBr)cc(Oc3cccc(Br)c3)c2)c1. The largest absolute Gasteiger partial charge is 0.489 e. The van der Waals surface area contributed by atoms with Crippen molar-refractivity contribution < 1.29 is 9.47 Å². The third-order valence-electron chi connectivity index (χ3n) is 3.61. The van der Waals surface area contributed by atoms with E-state index < -0.39 is 0 Å². The number of hydrogen-bond donors (Lipinski definition) is 0. The average Bonchev–Trinajstić information content (AvgIpc) is 2.60. The van der Waals surface area contributed by atoms with Crippen molar-refractivity contribution in [2.45, 2.75) is 18.9 Å². The molecule has 0 N–H and O–H groups in total. The Morgan fingerprint density at radius 1 is 0.800 bits per heavy atom. The Morgan fingerprint density at radius 2 is 1.56 bits per heavy atom. The van der Waals surface area contributed by atoms with Crippen LogP contribution >= 0.6 is 31.9 Å². The van der Waals surface area contributed by atoms with E-state index in [4.69, 9.17) is 9.47 Å². The van der Waals surface area contributed by atoms with Crippen molar-refractivity contribution in [2.75, 3.05) is 0 Å². The number of ether oxygens (including phenoxy) is 2. The second-order valence-corrected chi connectivity index (χ2v) is 7.26. The van der Waals surface area contributed by atoms with Crippen molar-refractivity contribution >= 4 is 31.9 Å². The fraction of sp³-hybridized carbons (Fsp3) is 0.143. The molecule has 3 aromatic rings. The van der Waals surface area contributed by atoms with Crippen molar-refractivity contribution in [1.82, 2.24) is 0 Å². The summed E-state index contributed by atoms with van der Waals surface area (Å²) >= 11 is 6.99. The van der Waals surface area contributed by atoms with Crippen LogP contribution in [0.25, 0.3) is 0 Å². The zero-order valence-corrected chi connectivity index (χ0v) is 17.0. The standard InChI is InChI=1S/C21H18Br2O2/c1-15-4-2-6-19(8-15)24-14-17-9-16(13-22)10-21(11-17)25-20-7-3-5-18(23)12-20/h2-12H,13-14H2,1H3. The Morgan fingerprint density at radius 3 is 2.32 bits per heavy atom. The van der Waals surface area contributed by atoms with Gasteiger partial charge < -0.3 is 9.47 Å². The number of hydrogen-bond acceptors (Lipinski definition) is 2. The first-order chi connectivity index (χ1) is 12.1. The molecule has 0 saturated carbocycles. The molecule has 128 valence electrons. The van der Waals surface area contributed by atoms with Crippen molar-refractivity contribution in [2.24, 2.45) is 0 Å². The van der Waals surface area contributed by atoms with Gasteiger partial charge in [-0.25, -0.2) is 0 Å². The van der Waals surface area contributed by atoms with E-state index in [1.807, 2.05) is 54.6 Å². The lowest BCUT2D eigenvalue weighted by Gasteiger charge is -2.12. The topological polar surface area (TPSA) is 18.5 Å². The van der Waals surface area contributed by atoms with Gasteiger partial charge in [0.25, 0.3) is 0 Å². The van der Waals surface area contributed by atoms with E-state index in [2.05, 4.69) is 50.9 Å². The van der Waals surface area contributed by atoms with Gasteiger partial charge >= 0.3 is 0 Å². The zero-order valence-electron chi connectivity index (χ0n) is 13.8. The zero-order chi connectivity index (χ0) is 17.6. The lowest BCUT2D eigenvalue weighted by atomic mass is 10.1. The minimum absolute atomic E-state index is 0.499. The maximum absolute atomic E-state index is 6.01. The van der Waals surface area contributed by atoms with Gasteiger partial charge in [0.1, 0.15) is 23.9 Å². The van der Waals surface area contributed by atoms with Crippen LogP contribution in [0.2, 0.25) is 0 Å². The quantitative estimate of drug-likeness (QED) is 0.367. The Balaban J connectivity index is 1.77. The minimum atomic E-state index is 0.499. The Labute approximate surface area is 165 Å². The van der Waals surface area contributed by atoms with E-state index >= 15 is 0 Å². The molecule has 4 heteroatoms. The Kier molecular flexibility index (Phi) is 6.16. The van der Waals surface area contributed by atoms with E-state index in [-0.39, 0.29) is 0 Å². The Bertz CT molecular complexity index is 862. The molecular formula is C21H18Br2O2. The average molecular weight is 462 g/mol. The van der Waals surface area contributed by atoms with Gasteiger partial charge in [-0.1, -0.05) is 56.1 Å². The third kappa shape index (κ3) is 5.35. The second-order valence-electron chi connectivity index (χ2n) is 5.78. The minimum Gasteiger partial charge on any atom is -0.489 e. The van der Waals surface area contributed by atoms with Crippen LogP contribution in [-0.4, -0.2) is 0 Å². The van der Waals surface area contributed by atoms with Crippen LogP contribution in [0.15, 0.2) is 71.2 Å². The highest BCUT2D eigenvalue weighted by Gasteiger charge is 2.05. The maximum Gasteiger partial charge on any atom is 0.128 e. The normalized spacial score (nSPS) is 10.5. The van der Waals surface area contributed by atoms with Gasteiger partial charge in [0.05, 0.1) is 0 Å². The van der Waals surface area contributed by atoms with Gasteiger partial charge in [0, 0.05) is 9.80 Å². The molecule has 0 aliphatic heterocycles. The highest BCUT2D eigenvalue weighted by atomic mass is 79.9. The summed E-state index contributed by atoms with van der Waals surface area (Å²) in [6.07, 6.45) is 0. The van der Waals surface area contributed by atoms with Crippen LogP contribution < -0.4 is 9.47 Å². The number of benzene rings is 3. The smallest absolute Gasteiger partial charge is 0.128 e. The molecule has 25 heavy (non-hydrogen) atoms. The van der Waals surface area contributed by atoms with Crippen molar-refractivity contribution in [3.8, 4) is 17.2 Å². The summed E-state index contributed by atoms with van der Waals surface area (Å²) in [5.41, 5.74) is 3.41. The molecule has 2 nitrogen and oxygen atoms in total. The van der Waals surface area contributed by atoms with Crippen LogP contribution in [0, 0.1) is 6.92 Å². The molecule has 0 unspecified atom stereocenters. The summed E-state index contributed by atoms with van der Waals surface area (Å²) < 4.78 is 12.9. The first-order valence-electron chi connectivity index (χ1n) is 7.94. The van der Waals surface area contributed by atoms with Gasteiger partial charge in [-0.05, 0) is 66.1 Å². The molecular weight excluding hydrogens is 444 g/mol. The van der Waals surface area contributed by atoms with Crippen LogP contribution in [0.5, 0.6) is 17.2 Å². The van der Waals surface area contributed by atoms with Gasteiger partial charge in [-0.2, -0.15) is 0 Å². The van der Waals surface area contributed by atoms with Crippen LogP contribution in [0.4, 0.5) is 0 Å². The molecule has 0 heterocycles. The molecule has 3 rings (SSSR count). The van der Waals surface area contributed by atoms with Crippen LogP contribution in [-0.2, 0) is 11.9 Å². The summed E-state index contributed by atoms with van der Waals surface area (Å²) in [5, 5.41) is 0.764. The molecule has 0 bridgehead atoms. The predicted molar refractivity (Wildman–Crippen MR) is 109 cm³/mol. The molecule has 0 fully saturated rings. The maximum atomic E-state index is 6.01. The monoisotopic (exact) mass is 460 g/mol. The van der Waals surface area contributed by atoms with E-state index in [0.29, 0.717) is 6.61 Å². The molecule has 0 amide bonds. The fourth-order valence-electron chi connectivity index (χ4n) is 2.49. The molecule has 0 aliphatic carbocycles. The molecule has 3 aromatic carbocycles. The second kappa shape index (κ2) is 8.54. The van der Waals surface area contributed by atoms with E-state index in [0.717, 1.165) is 38.2 Å². The first-order valence-corrected chi connectivity index (χ1v) is 9.85. The molecule has 0 spiro atoms. The Hall–Kier alpha value is -1.78. The highest BCUT2D eigenvalue weighted by Crippen LogP contribution is 2.27. The summed E-state index contributed by atoms with van der Waals surface area (Å²) in [6.45, 7) is 2.56. The molecule has 0 aromatic heterocycles. The number of halogens is 2. The summed E-state index contributed by atoms with van der Waals surface area (Å²) in [4.78, 5) is 0. The van der Waals surface area contributed by atoms with E-state index in [9.17, 15) is 0 Å². The molecule has 0 aliphatic rings. The molecule has 0 radical (unpaired) electrons. The highest BCUT2D eigenvalue weighted by molar-refractivity contribution is 9.10. The predicted octanol–water partition coefficient (Wildman–Crippen LogP) is 7.02. The van der Waals surface area contributed by atoms with Crippen molar-refractivity contribution in [1.29, 1.82) is 0 Å². The van der Waals surface area contributed by atoms with E-state index in [1.54, 1.807) is 0 Å². The number of alkyl halides is 1. The number of rotatable bonds is 6. The summed E-state index contributed by atoms with van der Waals surface area (Å²) in [6, 6.07) is 22.1. The summed E-state index contributed by atoms with van der Waals surface area (Å²) in [5.74, 6) is 2.48. The van der Waals surface area contributed by atoms with Crippen molar-refractivity contribution in [3.63, 3.8) is 0 Å². The van der Waals surface area contributed by atoms with Crippen LogP contribution in [0.1, 0.15) is 16.7 Å². The van der Waals surface area contributed by atoms with E-state index in [1.165, 1.54) is 5.56 Å². The number of aryl methyl sites for hydroxylation is 1. The lowest BCUT2D eigenvalue weighted by Crippen LogP contribution is -1.98. The molecule has 0 atom stereocenters. The fourth-order valence-corrected chi connectivity index (χ4v) is 3.19. The molecule has 0 saturated heterocycles. The van der Waals surface area contributed by atoms with Crippen molar-refractivity contribution in [3.05, 3.63) is 87.9 Å². The third-order valence-corrected chi connectivity index (χ3v) is 4.75. The first kappa shape index (κ1) is 18.0. The van der Waals surface area contributed by atoms with Gasteiger partial charge in [0.15, 0.2) is 0 Å².